The third-order valence-corrected chi connectivity index (χ3v) is 3.09. The van der Waals surface area contributed by atoms with Crippen molar-refractivity contribution in [2.24, 2.45) is 0 Å². The van der Waals surface area contributed by atoms with Gasteiger partial charge in [-0.1, -0.05) is 39.8 Å². The third kappa shape index (κ3) is 2.57. The standard InChI is InChI=1S/C15H20N2/c1-11(2)13-5-7-15(8-6-13)17-10-14(9-16-17)12(3)4/h5-12H,1-4H3. The Balaban J connectivity index is 2.27. The zero-order valence-corrected chi connectivity index (χ0v) is 11.0. The van der Waals surface area contributed by atoms with Gasteiger partial charge in [-0.3, -0.25) is 0 Å². The lowest BCUT2D eigenvalue weighted by molar-refractivity contribution is 0.849. The molecule has 0 aliphatic rings. The summed E-state index contributed by atoms with van der Waals surface area (Å²) in [6.07, 6.45) is 4.05. The van der Waals surface area contributed by atoms with Gasteiger partial charge in [0, 0.05) is 6.20 Å². The molecule has 90 valence electrons. The first kappa shape index (κ1) is 11.9. The van der Waals surface area contributed by atoms with Crippen molar-refractivity contribution in [3.8, 4) is 5.69 Å². The Kier molecular flexibility index (Phi) is 3.32. The fourth-order valence-electron chi connectivity index (χ4n) is 1.79. The van der Waals surface area contributed by atoms with Crippen LogP contribution in [-0.2, 0) is 0 Å². The molecular formula is C15H20N2. The van der Waals surface area contributed by atoms with E-state index in [2.05, 4.69) is 63.3 Å². The van der Waals surface area contributed by atoms with Crippen LogP contribution in [0.25, 0.3) is 5.69 Å². The SMILES string of the molecule is CC(C)c1ccc(-n2cc(C(C)C)cn2)cc1. The van der Waals surface area contributed by atoms with Crippen LogP contribution in [0.2, 0.25) is 0 Å². The molecule has 2 nitrogen and oxygen atoms in total. The second kappa shape index (κ2) is 4.74. The maximum atomic E-state index is 4.40. The first-order valence-electron chi connectivity index (χ1n) is 6.23. The Labute approximate surface area is 103 Å². The second-order valence-corrected chi connectivity index (χ2v) is 5.12. The minimum Gasteiger partial charge on any atom is -0.241 e. The van der Waals surface area contributed by atoms with Crippen LogP contribution < -0.4 is 0 Å². The first-order chi connectivity index (χ1) is 8.08. The summed E-state index contributed by atoms with van der Waals surface area (Å²) in [6, 6.07) is 8.62. The molecule has 2 aromatic rings. The van der Waals surface area contributed by atoms with Gasteiger partial charge in [-0.25, -0.2) is 4.68 Å². The highest BCUT2D eigenvalue weighted by atomic mass is 15.3. The normalized spacial score (nSPS) is 11.4. The number of rotatable bonds is 3. The number of aromatic nitrogens is 2. The van der Waals surface area contributed by atoms with Crippen molar-refractivity contribution in [1.82, 2.24) is 9.78 Å². The van der Waals surface area contributed by atoms with Crippen LogP contribution in [0.5, 0.6) is 0 Å². The summed E-state index contributed by atoms with van der Waals surface area (Å²) >= 11 is 0. The molecule has 0 bridgehead atoms. The average molecular weight is 228 g/mol. The van der Waals surface area contributed by atoms with Gasteiger partial charge in [0.15, 0.2) is 0 Å². The molecule has 0 N–H and O–H groups in total. The quantitative estimate of drug-likeness (QED) is 0.772. The lowest BCUT2D eigenvalue weighted by Crippen LogP contribution is -1.95. The lowest BCUT2D eigenvalue weighted by Gasteiger charge is -2.06. The van der Waals surface area contributed by atoms with Crippen LogP contribution in [0.15, 0.2) is 36.7 Å². The van der Waals surface area contributed by atoms with E-state index in [0.29, 0.717) is 11.8 Å². The fourth-order valence-corrected chi connectivity index (χ4v) is 1.79. The van der Waals surface area contributed by atoms with Gasteiger partial charge in [0.05, 0.1) is 11.9 Å². The number of hydrogen-bond acceptors (Lipinski definition) is 1. The summed E-state index contributed by atoms with van der Waals surface area (Å²) in [5.41, 5.74) is 3.77. The Morgan fingerprint density at radius 1 is 0.882 bits per heavy atom. The van der Waals surface area contributed by atoms with Crippen LogP contribution in [-0.4, -0.2) is 9.78 Å². The Morgan fingerprint density at radius 3 is 1.94 bits per heavy atom. The van der Waals surface area contributed by atoms with Gasteiger partial charge in [0.25, 0.3) is 0 Å². The zero-order valence-electron chi connectivity index (χ0n) is 11.0. The molecule has 0 spiro atoms. The first-order valence-corrected chi connectivity index (χ1v) is 6.23. The molecule has 0 unspecified atom stereocenters. The zero-order chi connectivity index (χ0) is 12.4. The Morgan fingerprint density at radius 2 is 1.47 bits per heavy atom. The van der Waals surface area contributed by atoms with Gasteiger partial charge in [-0.05, 0) is 35.1 Å². The maximum Gasteiger partial charge on any atom is 0.0645 e. The predicted molar refractivity (Wildman–Crippen MR) is 71.7 cm³/mol. The van der Waals surface area contributed by atoms with Crippen molar-refractivity contribution in [1.29, 1.82) is 0 Å². The largest absolute Gasteiger partial charge is 0.241 e. The van der Waals surface area contributed by atoms with Gasteiger partial charge in [0.1, 0.15) is 0 Å². The molecule has 0 amide bonds. The fraction of sp³-hybridized carbons (Fsp3) is 0.400. The lowest BCUT2D eigenvalue weighted by atomic mass is 10.0. The van der Waals surface area contributed by atoms with E-state index in [-0.39, 0.29) is 0 Å². The van der Waals surface area contributed by atoms with E-state index in [9.17, 15) is 0 Å². The number of nitrogens with zero attached hydrogens (tertiary/aromatic N) is 2. The monoisotopic (exact) mass is 228 g/mol. The molecule has 1 aromatic heterocycles. The average Bonchev–Trinajstić information content (AvgIpc) is 2.78. The van der Waals surface area contributed by atoms with Gasteiger partial charge < -0.3 is 0 Å². The maximum absolute atomic E-state index is 4.40. The van der Waals surface area contributed by atoms with Crippen molar-refractivity contribution in [3.05, 3.63) is 47.8 Å². The molecule has 2 heteroatoms. The highest BCUT2D eigenvalue weighted by Gasteiger charge is 2.05. The van der Waals surface area contributed by atoms with E-state index in [1.807, 2.05) is 10.9 Å². The van der Waals surface area contributed by atoms with Crippen molar-refractivity contribution in [2.45, 2.75) is 39.5 Å². The van der Waals surface area contributed by atoms with Crippen LogP contribution in [0.1, 0.15) is 50.7 Å². The molecule has 0 aliphatic carbocycles. The predicted octanol–water partition coefficient (Wildman–Crippen LogP) is 4.12. The van der Waals surface area contributed by atoms with Crippen molar-refractivity contribution >= 4 is 0 Å². The van der Waals surface area contributed by atoms with Crippen LogP contribution in [0.3, 0.4) is 0 Å². The minimum atomic E-state index is 0.527. The van der Waals surface area contributed by atoms with Gasteiger partial charge in [-0.2, -0.15) is 5.10 Å². The minimum absolute atomic E-state index is 0.527. The van der Waals surface area contributed by atoms with Crippen molar-refractivity contribution < 1.29 is 0 Å². The van der Waals surface area contributed by atoms with Crippen LogP contribution >= 0.6 is 0 Å². The van der Waals surface area contributed by atoms with Gasteiger partial charge in [-0.15, -0.1) is 0 Å². The molecule has 17 heavy (non-hydrogen) atoms. The molecule has 0 atom stereocenters. The van der Waals surface area contributed by atoms with E-state index < -0.39 is 0 Å². The molecule has 0 saturated carbocycles. The summed E-state index contributed by atoms with van der Waals surface area (Å²) in [7, 11) is 0. The molecule has 1 aromatic carbocycles. The molecular weight excluding hydrogens is 208 g/mol. The summed E-state index contributed by atoms with van der Waals surface area (Å²) in [4.78, 5) is 0. The van der Waals surface area contributed by atoms with Crippen LogP contribution in [0, 0.1) is 0 Å². The molecule has 2 rings (SSSR count). The Hall–Kier alpha value is -1.57. The van der Waals surface area contributed by atoms with Crippen molar-refractivity contribution in [3.63, 3.8) is 0 Å². The number of hydrogen-bond donors (Lipinski definition) is 0. The van der Waals surface area contributed by atoms with E-state index >= 15 is 0 Å². The molecule has 0 radical (unpaired) electrons. The van der Waals surface area contributed by atoms with Gasteiger partial charge in [0.2, 0.25) is 0 Å². The molecule has 1 heterocycles. The summed E-state index contributed by atoms with van der Waals surface area (Å²) in [5.74, 6) is 1.10. The van der Waals surface area contributed by atoms with E-state index in [0.717, 1.165) is 5.69 Å². The summed E-state index contributed by atoms with van der Waals surface area (Å²) in [5, 5.41) is 4.40. The second-order valence-electron chi connectivity index (χ2n) is 5.12. The summed E-state index contributed by atoms with van der Waals surface area (Å²) < 4.78 is 1.94. The van der Waals surface area contributed by atoms with E-state index in [1.165, 1.54) is 11.1 Å². The highest BCUT2D eigenvalue weighted by Crippen LogP contribution is 2.18. The van der Waals surface area contributed by atoms with Gasteiger partial charge >= 0.3 is 0 Å². The Bertz CT molecular complexity index is 478. The van der Waals surface area contributed by atoms with Crippen LogP contribution in [0.4, 0.5) is 0 Å². The smallest absolute Gasteiger partial charge is 0.0645 e. The molecule has 0 fully saturated rings. The molecule has 0 saturated heterocycles. The topological polar surface area (TPSA) is 17.8 Å². The highest BCUT2D eigenvalue weighted by molar-refractivity contribution is 5.35. The third-order valence-electron chi connectivity index (χ3n) is 3.09. The van der Waals surface area contributed by atoms with Crippen molar-refractivity contribution in [2.75, 3.05) is 0 Å². The van der Waals surface area contributed by atoms with E-state index in [4.69, 9.17) is 0 Å². The number of benzene rings is 1. The summed E-state index contributed by atoms with van der Waals surface area (Å²) in [6.45, 7) is 8.78. The molecule has 0 aliphatic heterocycles. The van der Waals surface area contributed by atoms with E-state index in [1.54, 1.807) is 0 Å².